The lowest BCUT2D eigenvalue weighted by atomic mass is 9.86. The van der Waals surface area contributed by atoms with Gasteiger partial charge in [-0.25, -0.2) is 0 Å². The minimum atomic E-state index is -0.539. The van der Waals surface area contributed by atoms with Crippen molar-refractivity contribution in [2.45, 2.75) is 19.3 Å². The lowest BCUT2D eigenvalue weighted by molar-refractivity contribution is 0.413. The average Bonchev–Trinajstić information content (AvgIpc) is 3.28. The van der Waals surface area contributed by atoms with Gasteiger partial charge in [0.25, 0.3) is 0 Å². The molecule has 0 saturated heterocycles. The molecular weight excluding hydrogens is 398 g/mol. The van der Waals surface area contributed by atoms with Crippen LogP contribution in [0.3, 0.4) is 0 Å². The summed E-state index contributed by atoms with van der Waals surface area (Å²) in [5, 5.41) is 19.2. The number of hydrogen-bond acceptors (Lipinski definition) is 5. The van der Waals surface area contributed by atoms with Gasteiger partial charge in [-0.3, -0.25) is 15.1 Å². The van der Waals surface area contributed by atoms with Crippen molar-refractivity contribution in [2.75, 3.05) is 7.11 Å². The van der Waals surface area contributed by atoms with Crippen molar-refractivity contribution in [3.8, 4) is 34.2 Å². The number of ether oxygens (including phenoxy) is 1. The summed E-state index contributed by atoms with van der Waals surface area (Å²) in [6, 6.07) is 18.5. The first-order valence-electron chi connectivity index (χ1n) is 10.3. The summed E-state index contributed by atoms with van der Waals surface area (Å²) in [5.41, 5.74) is 6.03. The predicted molar refractivity (Wildman–Crippen MR) is 125 cm³/mol. The van der Waals surface area contributed by atoms with Crippen LogP contribution in [0.2, 0.25) is 0 Å². The fourth-order valence-electron chi connectivity index (χ4n) is 3.89. The van der Waals surface area contributed by atoms with Gasteiger partial charge in [0.2, 0.25) is 0 Å². The molecule has 0 radical (unpaired) electrons. The lowest BCUT2D eigenvalue weighted by Gasteiger charge is -2.15. The summed E-state index contributed by atoms with van der Waals surface area (Å²) in [4.78, 5) is 8.88. The molecule has 6 nitrogen and oxygen atoms in total. The largest absolute Gasteiger partial charge is 0.495 e. The summed E-state index contributed by atoms with van der Waals surface area (Å²) >= 11 is 0. The van der Waals surface area contributed by atoms with Crippen LogP contribution in [0.15, 0.2) is 67.1 Å². The smallest absolute Gasteiger partial charge is 0.137 e. The van der Waals surface area contributed by atoms with E-state index in [4.69, 9.17) is 4.74 Å². The third kappa shape index (κ3) is 3.25. The molecule has 0 unspecified atom stereocenters. The number of aromatic amines is 1. The third-order valence-corrected chi connectivity index (χ3v) is 5.83. The fourth-order valence-corrected chi connectivity index (χ4v) is 3.89. The number of hydrogen-bond donors (Lipinski definition) is 1. The molecule has 0 saturated carbocycles. The Kier molecular flexibility index (Phi) is 4.60. The molecule has 1 N–H and O–H groups in total. The number of benzene rings is 2. The second kappa shape index (κ2) is 7.47. The van der Waals surface area contributed by atoms with Crippen molar-refractivity contribution in [3.05, 3.63) is 72.7 Å². The minimum Gasteiger partial charge on any atom is -0.495 e. The molecule has 0 aliphatic rings. The molecule has 0 amide bonds. The van der Waals surface area contributed by atoms with Crippen LogP contribution in [0.5, 0.6) is 5.75 Å². The van der Waals surface area contributed by atoms with E-state index in [9.17, 15) is 5.26 Å². The molecule has 3 heterocycles. The topological polar surface area (TPSA) is 87.5 Å². The number of pyridine rings is 2. The first-order valence-corrected chi connectivity index (χ1v) is 10.3. The summed E-state index contributed by atoms with van der Waals surface area (Å²) < 4.78 is 5.33. The number of aromatic nitrogens is 4. The second-order valence-corrected chi connectivity index (χ2v) is 8.28. The molecular formula is C26H21N5O. The van der Waals surface area contributed by atoms with Gasteiger partial charge < -0.3 is 4.74 Å². The summed E-state index contributed by atoms with van der Waals surface area (Å²) in [6.45, 7) is 3.83. The van der Waals surface area contributed by atoms with Crippen molar-refractivity contribution < 1.29 is 4.74 Å². The van der Waals surface area contributed by atoms with Gasteiger partial charge >= 0.3 is 0 Å². The van der Waals surface area contributed by atoms with Gasteiger partial charge in [0.05, 0.1) is 42.0 Å². The van der Waals surface area contributed by atoms with Crippen molar-refractivity contribution in [1.82, 2.24) is 20.2 Å². The zero-order chi connectivity index (χ0) is 22.3. The molecule has 156 valence electrons. The molecule has 0 fully saturated rings. The van der Waals surface area contributed by atoms with Crippen LogP contribution < -0.4 is 4.74 Å². The molecule has 0 atom stereocenters. The maximum Gasteiger partial charge on any atom is 0.137 e. The van der Waals surface area contributed by atoms with Crippen LogP contribution in [0.25, 0.3) is 44.2 Å². The van der Waals surface area contributed by atoms with Gasteiger partial charge in [-0.15, -0.1) is 0 Å². The highest BCUT2D eigenvalue weighted by Gasteiger charge is 2.20. The van der Waals surface area contributed by atoms with E-state index in [1.165, 1.54) is 0 Å². The molecule has 2 aromatic carbocycles. The van der Waals surface area contributed by atoms with E-state index in [1.807, 2.05) is 68.7 Å². The fraction of sp³-hybridized carbons (Fsp3) is 0.154. The SMILES string of the molecule is COc1cncc(-c2ccc3ncc4[nH]nc(-c5ccc(C(C)(C)C#N)cc5)c4c3c2)c1. The quantitative estimate of drug-likeness (QED) is 0.407. The van der Waals surface area contributed by atoms with E-state index in [0.29, 0.717) is 5.75 Å². The van der Waals surface area contributed by atoms with Crippen LogP contribution in [-0.4, -0.2) is 27.3 Å². The molecule has 6 heteroatoms. The van der Waals surface area contributed by atoms with Crippen molar-refractivity contribution in [3.63, 3.8) is 0 Å². The zero-order valence-corrected chi connectivity index (χ0v) is 18.0. The van der Waals surface area contributed by atoms with Gasteiger partial charge in [-0.1, -0.05) is 30.3 Å². The Bertz CT molecular complexity index is 1490. The summed E-state index contributed by atoms with van der Waals surface area (Å²) in [6.07, 6.45) is 5.33. The van der Waals surface area contributed by atoms with Crippen molar-refractivity contribution >= 4 is 21.8 Å². The first kappa shape index (κ1) is 19.7. The number of nitrogens with one attached hydrogen (secondary N) is 1. The minimum absolute atomic E-state index is 0.539. The molecule has 0 aliphatic carbocycles. The van der Waals surface area contributed by atoms with Crippen LogP contribution in [0, 0.1) is 11.3 Å². The van der Waals surface area contributed by atoms with E-state index >= 15 is 0 Å². The van der Waals surface area contributed by atoms with Gasteiger partial charge in [0, 0.05) is 28.1 Å². The number of rotatable bonds is 4. The van der Waals surface area contributed by atoms with Gasteiger partial charge in [0.1, 0.15) is 11.4 Å². The first-order chi connectivity index (χ1) is 15.5. The number of methoxy groups -OCH3 is 1. The monoisotopic (exact) mass is 419 g/mol. The Morgan fingerprint density at radius 2 is 1.72 bits per heavy atom. The highest BCUT2D eigenvalue weighted by atomic mass is 16.5. The normalized spacial score (nSPS) is 11.6. The average molecular weight is 419 g/mol. The maximum absolute atomic E-state index is 9.43. The summed E-state index contributed by atoms with van der Waals surface area (Å²) in [5.74, 6) is 0.711. The molecule has 0 bridgehead atoms. The highest BCUT2D eigenvalue weighted by Crippen LogP contribution is 2.35. The van der Waals surface area contributed by atoms with Crippen LogP contribution in [0.4, 0.5) is 0 Å². The molecule has 0 spiro atoms. The molecule has 5 rings (SSSR count). The number of nitrogens with zero attached hydrogens (tertiary/aromatic N) is 4. The Labute approximate surface area is 185 Å². The lowest BCUT2D eigenvalue weighted by Crippen LogP contribution is -2.13. The van der Waals surface area contributed by atoms with Gasteiger partial charge in [-0.2, -0.15) is 10.4 Å². The molecule has 5 aromatic rings. The number of H-pyrrole nitrogens is 1. The molecule has 3 aromatic heterocycles. The van der Waals surface area contributed by atoms with E-state index in [0.717, 1.165) is 49.8 Å². The van der Waals surface area contributed by atoms with Crippen LogP contribution in [-0.2, 0) is 5.41 Å². The van der Waals surface area contributed by atoms with Gasteiger partial charge in [-0.05, 0) is 43.2 Å². The second-order valence-electron chi connectivity index (χ2n) is 8.28. The summed E-state index contributed by atoms with van der Waals surface area (Å²) in [7, 11) is 1.63. The van der Waals surface area contributed by atoms with Crippen molar-refractivity contribution in [1.29, 1.82) is 5.26 Å². The molecule has 32 heavy (non-hydrogen) atoms. The van der Waals surface area contributed by atoms with Crippen LogP contribution >= 0.6 is 0 Å². The maximum atomic E-state index is 9.43. The van der Waals surface area contributed by atoms with E-state index in [-0.39, 0.29) is 0 Å². The number of fused-ring (bicyclic) bond motifs is 3. The standard InChI is InChI=1S/C26H21N5O/c1-26(2,15-27)19-7-4-16(5-8-19)25-24-21-11-17(18-10-20(32-3)13-28-12-18)6-9-22(21)29-14-23(24)30-31-25/h4-14H,1-3H3,(H,30,31). The number of nitriles is 1. The third-order valence-electron chi connectivity index (χ3n) is 5.83. The Morgan fingerprint density at radius 3 is 2.47 bits per heavy atom. The van der Waals surface area contributed by atoms with E-state index in [2.05, 4.69) is 32.3 Å². The predicted octanol–water partition coefficient (Wildman–Crippen LogP) is 5.65. The molecule has 0 aliphatic heterocycles. The van der Waals surface area contributed by atoms with E-state index in [1.54, 1.807) is 13.3 Å². The Balaban J connectivity index is 1.68. The van der Waals surface area contributed by atoms with Gasteiger partial charge in [0.15, 0.2) is 0 Å². The van der Waals surface area contributed by atoms with Crippen molar-refractivity contribution in [2.24, 2.45) is 0 Å². The van der Waals surface area contributed by atoms with E-state index < -0.39 is 5.41 Å². The zero-order valence-electron chi connectivity index (χ0n) is 18.0. The highest BCUT2D eigenvalue weighted by molar-refractivity contribution is 6.11. The Hall–Kier alpha value is -4.24. The van der Waals surface area contributed by atoms with Crippen LogP contribution in [0.1, 0.15) is 19.4 Å². The Morgan fingerprint density at radius 1 is 0.938 bits per heavy atom.